The van der Waals surface area contributed by atoms with Crippen molar-refractivity contribution in [2.45, 2.75) is 32.2 Å². The lowest BCUT2D eigenvalue weighted by Crippen LogP contribution is -2.40. The van der Waals surface area contributed by atoms with Crippen LogP contribution >= 0.6 is 0 Å². The molecule has 3 rings (SSSR count). The number of benzene rings is 1. The predicted octanol–water partition coefficient (Wildman–Crippen LogP) is 2.75. The number of imidazole rings is 1. The Hall–Kier alpha value is -2.47. The molecule has 0 bridgehead atoms. The molecular weight excluding hydrogens is 330 g/mol. The standard InChI is InChI=1S/C20H25N3O3/c1-15(24)17-7-3-4-8-18(17)20(25)23-10-5-6-16(14-23)19-21-9-11-22(19)12-13-26-2/h3-4,7-9,11,16H,5-6,10,12-14H2,1-2H3/t16-/m1/s1. The third-order valence-electron chi connectivity index (χ3n) is 4.89. The molecule has 1 fully saturated rings. The van der Waals surface area contributed by atoms with Gasteiger partial charge in [0.05, 0.1) is 12.2 Å². The molecule has 0 radical (unpaired) electrons. The highest BCUT2D eigenvalue weighted by atomic mass is 16.5. The lowest BCUT2D eigenvalue weighted by Gasteiger charge is -2.33. The Kier molecular flexibility index (Phi) is 5.83. The molecular formula is C20H25N3O3. The third kappa shape index (κ3) is 3.85. The molecule has 0 unspecified atom stereocenters. The number of nitrogens with zero attached hydrogens (tertiary/aromatic N) is 3. The van der Waals surface area contributed by atoms with E-state index in [0.717, 1.165) is 25.2 Å². The van der Waals surface area contributed by atoms with Gasteiger partial charge >= 0.3 is 0 Å². The molecule has 1 amide bonds. The number of amides is 1. The monoisotopic (exact) mass is 355 g/mol. The molecule has 6 nitrogen and oxygen atoms in total. The Bertz CT molecular complexity index is 784. The number of hydrogen-bond acceptors (Lipinski definition) is 4. The first kappa shape index (κ1) is 18.3. The number of hydrogen-bond donors (Lipinski definition) is 0. The molecule has 2 aromatic rings. The maximum Gasteiger partial charge on any atom is 0.254 e. The van der Waals surface area contributed by atoms with Gasteiger partial charge < -0.3 is 14.2 Å². The Morgan fingerprint density at radius 1 is 1.27 bits per heavy atom. The van der Waals surface area contributed by atoms with E-state index in [1.54, 1.807) is 37.6 Å². The highest BCUT2D eigenvalue weighted by Crippen LogP contribution is 2.27. The van der Waals surface area contributed by atoms with Gasteiger partial charge in [0.2, 0.25) is 0 Å². The van der Waals surface area contributed by atoms with E-state index in [0.29, 0.717) is 30.8 Å². The second-order valence-electron chi connectivity index (χ2n) is 6.66. The molecule has 26 heavy (non-hydrogen) atoms. The van der Waals surface area contributed by atoms with Crippen molar-refractivity contribution >= 4 is 11.7 Å². The molecule has 1 atom stereocenters. The number of rotatable bonds is 6. The molecule has 0 aliphatic carbocycles. The average molecular weight is 355 g/mol. The van der Waals surface area contributed by atoms with Crippen LogP contribution in [0.15, 0.2) is 36.7 Å². The summed E-state index contributed by atoms with van der Waals surface area (Å²) in [5, 5.41) is 0. The van der Waals surface area contributed by atoms with Crippen molar-refractivity contribution in [2.75, 3.05) is 26.8 Å². The second kappa shape index (κ2) is 8.27. The van der Waals surface area contributed by atoms with Crippen LogP contribution in [0.3, 0.4) is 0 Å². The molecule has 1 saturated heterocycles. The van der Waals surface area contributed by atoms with E-state index in [2.05, 4.69) is 9.55 Å². The van der Waals surface area contributed by atoms with Crippen molar-refractivity contribution in [3.63, 3.8) is 0 Å². The number of aromatic nitrogens is 2. The summed E-state index contributed by atoms with van der Waals surface area (Å²) in [6, 6.07) is 7.05. The molecule has 0 saturated carbocycles. The van der Waals surface area contributed by atoms with Gasteiger partial charge in [0, 0.05) is 50.6 Å². The summed E-state index contributed by atoms with van der Waals surface area (Å²) in [5.41, 5.74) is 0.976. The Morgan fingerprint density at radius 3 is 2.77 bits per heavy atom. The molecule has 138 valence electrons. The van der Waals surface area contributed by atoms with Gasteiger partial charge in [0.25, 0.3) is 5.91 Å². The van der Waals surface area contributed by atoms with Crippen molar-refractivity contribution in [1.29, 1.82) is 0 Å². The molecule has 1 aliphatic heterocycles. The second-order valence-corrected chi connectivity index (χ2v) is 6.66. The maximum absolute atomic E-state index is 13.0. The van der Waals surface area contributed by atoms with Crippen LogP contribution in [0.4, 0.5) is 0 Å². The zero-order chi connectivity index (χ0) is 18.5. The van der Waals surface area contributed by atoms with Crippen LogP contribution in [0.1, 0.15) is 52.2 Å². The maximum atomic E-state index is 13.0. The van der Waals surface area contributed by atoms with Gasteiger partial charge in [0.15, 0.2) is 5.78 Å². The van der Waals surface area contributed by atoms with E-state index < -0.39 is 0 Å². The SMILES string of the molecule is COCCn1ccnc1[C@@H]1CCCN(C(=O)c2ccccc2C(C)=O)C1. The molecule has 6 heteroatoms. The number of likely N-dealkylation sites (tertiary alicyclic amines) is 1. The summed E-state index contributed by atoms with van der Waals surface area (Å²) in [7, 11) is 1.68. The van der Waals surface area contributed by atoms with Crippen molar-refractivity contribution in [3.8, 4) is 0 Å². The van der Waals surface area contributed by atoms with Gasteiger partial charge in [0.1, 0.15) is 5.82 Å². The fourth-order valence-electron chi connectivity index (χ4n) is 3.58. The van der Waals surface area contributed by atoms with E-state index in [1.165, 1.54) is 6.92 Å². The molecule has 0 N–H and O–H groups in total. The molecule has 1 aliphatic rings. The third-order valence-corrected chi connectivity index (χ3v) is 4.89. The van der Waals surface area contributed by atoms with E-state index in [1.807, 2.05) is 11.1 Å². The Morgan fingerprint density at radius 2 is 2.04 bits per heavy atom. The average Bonchev–Trinajstić information content (AvgIpc) is 3.14. The van der Waals surface area contributed by atoms with Gasteiger partial charge in [-0.15, -0.1) is 0 Å². The molecule has 0 spiro atoms. The minimum absolute atomic E-state index is 0.0736. The summed E-state index contributed by atoms with van der Waals surface area (Å²) in [4.78, 5) is 31.3. The molecule has 1 aromatic carbocycles. The van der Waals surface area contributed by atoms with E-state index in [4.69, 9.17) is 4.74 Å². The van der Waals surface area contributed by atoms with Crippen LogP contribution in [-0.4, -0.2) is 52.9 Å². The lowest BCUT2D eigenvalue weighted by molar-refractivity contribution is 0.0698. The highest BCUT2D eigenvalue weighted by molar-refractivity contribution is 6.07. The van der Waals surface area contributed by atoms with Crippen LogP contribution in [0, 0.1) is 0 Å². The van der Waals surface area contributed by atoms with E-state index in [-0.39, 0.29) is 17.6 Å². The van der Waals surface area contributed by atoms with Crippen LogP contribution in [0.25, 0.3) is 0 Å². The van der Waals surface area contributed by atoms with Gasteiger partial charge in [-0.05, 0) is 25.8 Å². The normalized spacial score (nSPS) is 17.3. The summed E-state index contributed by atoms with van der Waals surface area (Å²) in [6.45, 7) is 4.21. The van der Waals surface area contributed by atoms with Gasteiger partial charge in [-0.2, -0.15) is 0 Å². The molecule has 2 heterocycles. The first-order valence-electron chi connectivity index (χ1n) is 9.01. The topological polar surface area (TPSA) is 64.4 Å². The van der Waals surface area contributed by atoms with Gasteiger partial charge in [-0.3, -0.25) is 9.59 Å². The smallest absolute Gasteiger partial charge is 0.254 e. The summed E-state index contributed by atoms with van der Waals surface area (Å²) in [5.74, 6) is 1.04. The van der Waals surface area contributed by atoms with Crippen molar-refractivity contribution in [2.24, 2.45) is 0 Å². The zero-order valence-electron chi connectivity index (χ0n) is 15.4. The fraction of sp³-hybridized carbons (Fsp3) is 0.450. The highest BCUT2D eigenvalue weighted by Gasteiger charge is 2.29. The largest absolute Gasteiger partial charge is 0.383 e. The minimum Gasteiger partial charge on any atom is -0.383 e. The van der Waals surface area contributed by atoms with Crippen LogP contribution in [-0.2, 0) is 11.3 Å². The number of methoxy groups -OCH3 is 1. The summed E-state index contributed by atoms with van der Waals surface area (Å²) >= 11 is 0. The number of Topliss-reactive ketones (excluding diaryl/α,β-unsaturated/α-hetero) is 1. The number of carbonyl (C=O) groups excluding carboxylic acids is 2. The fourth-order valence-corrected chi connectivity index (χ4v) is 3.58. The zero-order valence-corrected chi connectivity index (χ0v) is 15.4. The van der Waals surface area contributed by atoms with Gasteiger partial charge in [-0.25, -0.2) is 4.98 Å². The summed E-state index contributed by atoms with van der Waals surface area (Å²) < 4.78 is 7.27. The van der Waals surface area contributed by atoms with Crippen molar-refractivity contribution < 1.29 is 14.3 Å². The van der Waals surface area contributed by atoms with Gasteiger partial charge in [-0.1, -0.05) is 18.2 Å². The number of ether oxygens (including phenoxy) is 1. The minimum atomic E-state index is -0.0855. The first-order valence-corrected chi connectivity index (χ1v) is 9.01. The quantitative estimate of drug-likeness (QED) is 0.748. The lowest BCUT2D eigenvalue weighted by atomic mass is 9.95. The van der Waals surface area contributed by atoms with E-state index >= 15 is 0 Å². The predicted molar refractivity (Wildman–Crippen MR) is 98.4 cm³/mol. The number of carbonyl (C=O) groups is 2. The number of ketones is 1. The van der Waals surface area contributed by atoms with Crippen LogP contribution in [0.2, 0.25) is 0 Å². The van der Waals surface area contributed by atoms with Crippen LogP contribution < -0.4 is 0 Å². The Labute approximate surface area is 153 Å². The Balaban J connectivity index is 1.78. The first-order chi connectivity index (χ1) is 12.6. The van der Waals surface area contributed by atoms with Crippen molar-refractivity contribution in [3.05, 3.63) is 53.6 Å². The molecule has 1 aromatic heterocycles. The summed E-state index contributed by atoms with van der Waals surface area (Å²) in [6.07, 6.45) is 5.69. The van der Waals surface area contributed by atoms with E-state index in [9.17, 15) is 9.59 Å². The number of piperidine rings is 1. The van der Waals surface area contributed by atoms with Crippen molar-refractivity contribution in [1.82, 2.24) is 14.5 Å². The van der Waals surface area contributed by atoms with Crippen LogP contribution in [0.5, 0.6) is 0 Å².